The summed E-state index contributed by atoms with van der Waals surface area (Å²) in [5, 5.41) is 8.34. The molecule has 0 aliphatic carbocycles. The molecule has 1 heterocycles. The fourth-order valence-electron chi connectivity index (χ4n) is 3.49. The van der Waals surface area contributed by atoms with Gasteiger partial charge in [0, 0.05) is 17.1 Å². The highest BCUT2D eigenvalue weighted by molar-refractivity contribution is 6.28. The average Bonchev–Trinajstić information content (AvgIpc) is 2.79. The van der Waals surface area contributed by atoms with Crippen LogP contribution in [-0.4, -0.2) is 33.4 Å². The topological polar surface area (TPSA) is 114 Å². The summed E-state index contributed by atoms with van der Waals surface area (Å²) in [7, 11) is 0. The number of carbonyl (C=O) groups is 2. The Kier molecular flexibility index (Phi) is 9.34. The number of rotatable bonds is 7. The molecule has 11 heteroatoms. The minimum absolute atomic E-state index is 0.0743. The quantitative estimate of drug-likeness (QED) is 0.258. The number of anilines is 4. The molecule has 0 spiro atoms. The number of ether oxygens (including phenoxy) is 2. The van der Waals surface area contributed by atoms with E-state index in [1.165, 1.54) is 0 Å². The second-order valence-electron chi connectivity index (χ2n) is 10.8. The number of nitrogens with zero attached hydrogens (tertiary/aromatic N) is 2. The van der Waals surface area contributed by atoms with Gasteiger partial charge in [-0.1, -0.05) is 12.1 Å². The van der Waals surface area contributed by atoms with Crippen LogP contribution in [0, 0.1) is 5.82 Å². The molecule has 0 fully saturated rings. The van der Waals surface area contributed by atoms with Crippen molar-refractivity contribution in [3.63, 3.8) is 0 Å². The Morgan fingerprint density at radius 2 is 1.56 bits per heavy atom. The highest BCUT2D eigenvalue weighted by Crippen LogP contribution is 2.27. The molecule has 39 heavy (non-hydrogen) atoms. The molecule has 1 aromatic heterocycles. The highest BCUT2D eigenvalue weighted by atomic mass is 35.5. The molecule has 3 rings (SSSR count). The van der Waals surface area contributed by atoms with Crippen LogP contribution in [0.2, 0.25) is 5.28 Å². The molecule has 3 N–H and O–H groups in total. The molecule has 0 aliphatic rings. The van der Waals surface area contributed by atoms with E-state index in [0.29, 0.717) is 29.9 Å². The van der Waals surface area contributed by atoms with Crippen molar-refractivity contribution in [2.45, 2.75) is 65.6 Å². The van der Waals surface area contributed by atoms with E-state index in [1.54, 1.807) is 65.8 Å². The van der Waals surface area contributed by atoms with E-state index in [-0.39, 0.29) is 11.1 Å². The van der Waals surface area contributed by atoms with Crippen molar-refractivity contribution >= 4 is 46.7 Å². The van der Waals surface area contributed by atoms with Gasteiger partial charge in [-0.3, -0.25) is 10.6 Å². The van der Waals surface area contributed by atoms with Gasteiger partial charge in [0.25, 0.3) is 0 Å². The summed E-state index contributed by atoms with van der Waals surface area (Å²) < 4.78 is 24.9. The van der Waals surface area contributed by atoms with Gasteiger partial charge in [-0.15, -0.1) is 0 Å². The SMILES string of the molecule is CC(C)(C)OC(=O)Nc1cccc(CCc2cc(Nc3nc(Cl)ncc3F)ccc2NC(=O)OC(C)(C)C)c1. The fourth-order valence-corrected chi connectivity index (χ4v) is 3.62. The van der Waals surface area contributed by atoms with E-state index < -0.39 is 29.2 Å². The van der Waals surface area contributed by atoms with Crippen molar-refractivity contribution in [3.05, 3.63) is 70.9 Å². The number of aryl methyl sites for hydroxylation is 2. The minimum Gasteiger partial charge on any atom is -0.444 e. The fraction of sp³-hybridized carbons (Fsp3) is 0.357. The Labute approximate surface area is 232 Å². The summed E-state index contributed by atoms with van der Waals surface area (Å²) in [6.45, 7) is 10.7. The molecule has 9 nitrogen and oxygen atoms in total. The van der Waals surface area contributed by atoms with E-state index in [0.717, 1.165) is 17.3 Å². The number of hydrogen-bond acceptors (Lipinski definition) is 7. The van der Waals surface area contributed by atoms with Crippen LogP contribution in [0.1, 0.15) is 52.7 Å². The lowest BCUT2D eigenvalue weighted by Gasteiger charge is -2.21. The van der Waals surface area contributed by atoms with Crippen molar-refractivity contribution < 1.29 is 23.5 Å². The molecule has 0 saturated heterocycles. The predicted octanol–water partition coefficient (Wildman–Crippen LogP) is 7.49. The molecular formula is C28H33ClFN5O4. The van der Waals surface area contributed by atoms with Crippen LogP contribution >= 0.6 is 11.6 Å². The van der Waals surface area contributed by atoms with Crippen molar-refractivity contribution in [2.75, 3.05) is 16.0 Å². The largest absolute Gasteiger partial charge is 0.444 e. The molecule has 0 unspecified atom stereocenters. The lowest BCUT2D eigenvalue weighted by Crippen LogP contribution is -2.27. The van der Waals surface area contributed by atoms with Gasteiger partial charge in [0.1, 0.15) is 11.2 Å². The zero-order chi connectivity index (χ0) is 28.8. The maximum absolute atomic E-state index is 14.2. The van der Waals surface area contributed by atoms with Crippen molar-refractivity contribution in [1.82, 2.24) is 9.97 Å². The summed E-state index contributed by atoms with van der Waals surface area (Å²) in [4.78, 5) is 32.2. The monoisotopic (exact) mass is 557 g/mol. The number of hydrogen-bond donors (Lipinski definition) is 3. The maximum Gasteiger partial charge on any atom is 0.412 e. The molecule has 0 saturated carbocycles. The number of nitrogens with one attached hydrogen (secondary N) is 3. The highest BCUT2D eigenvalue weighted by Gasteiger charge is 2.19. The van der Waals surface area contributed by atoms with Crippen LogP contribution in [0.3, 0.4) is 0 Å². The standard InChI is InChI=1S/C28H33ClFN5O4/c1-27(2,3)38-25(36)33-19-9-7-8-17(14-19)10-11-18-15-20(32-23-21(30)16-31-24(29)35-23)12-13-22(18)34-26(37)39-28(4,5)6/h7-9,12-16H,10-11H2,1-6H3,(H,33,36)(H,34,37)(H,31,32,35). The van der Waals surface area contributed by atoms with Crippen molar-refractivity contribution in [1.29, 1.82) is 0 Å². The molecule has 0 aliphatic heterocycles. The first kappa shape index (κ1) is 29.6. The summed E-state index contributed by atoms with van der Waals surface area (Å²) in [5.74, 6) is -0.735. The Morgan fingerprint density at radius 1 is 0.897 bits per heavy atom. The summed E-state index contributed by atoms with van der Waals surface area (Å²) in [6.07, 6.45) is 0.920. The molecule has 0 atom stereocenters. The van der Waals surface area contributed by atoms with Crippen molar-refractivity contribution in [3.8, 4) is 0 Å². The van der Waals surface area contributed by atoms with E-state index in [9.17, 15) is 14.0 Å². The zero-order valence-corrected chi connectivity index (χ0v) is 23.6. The van der Waals surface area contributed by atoms with Crippen LogP contribution < -0.4 is 16.0 Å². The van der Waals surface area contributed by atoms with Crippen molar-refractivity contribution in [2.24, 2.45) is 0 Å². The van der Waals surface area contributed by atoms with Crippen LogP contribution in [0.5, 0.6) is 0 Å². The lowest BCUT2D eigenvalue weighted by molar-refractivity contribution is 0.0624. The van der Waals surface area contributed by atoms with Gasteiger partial charge in [-0.05, 0) is 107 Å². The van der Waals surface area contributed by atoms with Gasteiger partial charge in [0.15, 0.2) is 11.6 Å². The molecule has 3 aromatic rings. The van der Waals surface area contributed by atoms with E-state index in [1.807, 2.05) is 18.2 Å². The normalized spacial score (nSPS) is 11.5. The number of aromatic nitrogens is 2. The Morgan fingerprint density at radius 3 is 2.23 bits per heavy atom. The second-order valence-corrected chi connectivity index (χ2v) is 11.1. The Bertz CT molecular complexity index is 1340. The third-order valence-corrected chi connectivity index (χ3v) is 5.16. The zero-order valence-electron chi connectivity index (χ0n) is 22.8. The van der Waals surface area contributed by atoms with E-state index in [2.05, 4.69) is 25.9 Å². The number of carbonyl (C=O) groups excluding carboxylic acids is 2. The van der Waals surface area contributed by atoms with Gasteiger partial charge >= 0.3 is 12.2 Å². The Hall–Kier alpha value is -3.92. The summed E-state index contributed by atoms with van der Waals surface area (Å²) >= 11 is 5.82. The van der Waals surface area contributed by atoms with Gasteiger partial charge < -0.3 is 14.8 Å². The van der Waals surface area contributed by atoms with Crippen LogP contribution in [0.4, 0.5) is 36.9 Å². The van der Waals surface area contributed by atoms with Gasteiger partial charge in [-0.2, -0.15) is 4.98 Å². The Balaban J connectivity index is 1.81. The van der Waals surface area contributed by atoms with E-state index >= 15 is 0 Å². The van der Waals surface area contributed by atoms with Crippen LogP contribution in [0.15, 0.2) is 48.7 Å². The van der Waals surface area contributed by atoms with Gasteiger partial charge in [0.2, 0.25) is 5.28 Å². The summed E-state index contributed by atoms with van der Waals surface area (Å²) in [5.41, 5.74) is 2.10. The smallest absolute Gasteiger partial charge is 0.412 e. The minimum atomic E-state index is -0.670. The van der Waals surface area contributed by atoms with E-state index in [4.69, 9.17) is 21.1 Å². The number of benzene rings is 2. The molecule has 0 radical (unpaired) electrons. The molecular weight excluding hydrogens is 525 g/mol. The molecule has 208 valence electrons. The predicted molar refractivity (Wildman–Crippen MR) is 150 cm³/mol. The van der Waals surface area contributed by atoms with Crippen LogP contribution in [0.25, 0.3) is 0 Å². The maximum atomic E-state index is 14.2. The number of halogens is 2. The molecule has 2 amide bonds. The average molecular weight is 558 g/mol. The first-order valence-corrected chi connectivity index (χ1v) is 12.7. The van der Waals surface area contributed by atoms with Crippen LogP contribution in [-0.2, 0) is 22.3 Å². The number of amides is 2. The van der Waals surface area contributed by atoms with Gasteiger partial charge in [0.05, 0.1) is 6.20 Å². The summed E-state index contributed by atoms with van der Waals surface area (Å²) in [6, 6.07) is 12.5. The third-order valence-electron chi connectivity index (χ3n) is 4.97. The third kappa shape index (κ3) is 10.0. The first-order valence-electron chi connectivity index (χ1n) is 12.3. The second kappa shape index (κ2) is 12.3. The van der Waals surface area contributed by atoms with Gasteiger partial charge in [-0.25, -0.2) is 19.0 Å². The lowest BCUT2D eigenvalue weighted by atomic mass is 10.0. The molecule has 0 bridgehead atoms. The first-order chi connectivity index (χ1) is 18.2. The molecule has 2 aromatic carbocycles.